The lowest BCUT2D eigenvalue weighted by Gasteiger charge is -2.32. The Balaban J connectivity index is 1.49. The van der Waals surface area contributed by atoms with Crippen molar-refractivity contribution in [2.75, 3.05) is 18.8 Å². The van der Waals surface area contributed by atoms with Crippen LogP contribution < -0.4 is 10.5 Å². The van der Waals surface area contributed by atoms with Gasteiger partial charge in [0.15, 0.2) is 0 Å². The molecule has 4 heteroatoms. The fourth-order valence-electron chi connectivity index (χ4n) is 2.84. The summed E-state index contributed by atoms with van der Waals surface area (Å²) in [4.78, 5) is 2.42. The van der Waals surface area contributed by atoms with Crippen molar-refractivity contribution in [1.82, 2.24) is 4.90 Å². The van der Waals surface area contributed by atoms with Crippen LogP contribution >= 0.6 is 0 Å². The molecule has 0 atom stereocenters. The maximum atomic E-state index is 12.9. The summed E-state index contributed by atoms with van der Waals surface area (Å²) in [6, 6.07) is 14.3. The molecule has 1 heterocycles. The van der Waals surface area contributed by atoms with Crippen LogP contribution in [0.4, 0.5) is 10.1 Å². The molecule has 2 N–H and O–H groups in total. The summed E-state index contributed by atoms with van der Waals surface area (Å²) in [5.74, 6) is 0.514. The molecule has 0 amide bonds. The van der Waals surface area contributed by atoms with E-state index in [0.717, 1.165) is 43.9 Å². The predicted octanol–water partition coefficient (Wildman–Crippen LogP) is 3.45. The van der Waals surface area contributed by atoms with Crippen LogP contribution in [0.3, 0.4) is 0 Å². The Kier molecular flexibility index (Phi) is 4.59. The Bertz CT molecular complexity index is 607. The van der Waals surface area contributed by atoms with Crippen LogP contribution in [0.1, 0.15) is 18.4 Å². The second kappa shape index (κ2) is 6.79. The molecule has 0 saturated carbocycles. The van der Waals surface area contributed by atoms with E-state index in [4.69, 9.17) is 10.5 Å². The molecule has 1 aliphatic heterocycles. The van der Waals surface area contributed by atoms with Gasteiger partial charge in [0, 0.05) is 25.3 Å². The number of nitrogens with zero attached hydrogens (tertiary/aromatic N) is 1. The molecule has 3 nitrogen and oxygen atoms in total. The van der Waals surface area contributed by atoms with Crippen LogP contribution in [0.2, 0.25) is 0 Å². The number of nitrogen functional groups attached to an aromatic ring is 1. The second-order valence-corrected chi connectivity index (χ2v) is 5.79. The van der Waals surface area contributed by atoms with Crippen LogP contribution in [-0.2, 0) is 6.54 Å². The molecular weight excluding hydrogens is 279 g/mol. The van der Waals surface area contributed by atoms with E-state index in [2.05, 4.69) is 11.0 Å². The molecule has 0 spiro atoms. The van der Waals surface area contributed by atoms with E-state index in [0.29, 0.717) is 0 Å². The van der Waals surface area contributed by atoms with Crippen LogP contribution in [0.15, 0.2) is 48.5 Å². The Morgan fingerprint density at radius 1 is 1.09 bits per heavy atom. The first-order valence-electron chi connectivity index (χ1n) is 7.68. The normalized spacial score (nSPS) is 16.6. The molecule has 3 rings (SSSR count). The van der Waals surface area contributed by atoms with E-state index in [-0.39, 0.29) is 11.9 Å². The summed E-state index contributed by atoms with van der Waals surface area (Å²) in [6.07, 6.45) is 2.18. The maximum absolute atomic E-state index is 12.9. The van der Waals surface area contributed by atoms with Gasteiger partial charge < -0.3 is 10.5 Å². The largest absolute Gasteiger partial charge is 0.490 e. The highest BCUT2D eigenvalue weighted by Gasteiger charge is 2.20. The van der Waals surface area contributed by atoms with Gasteiger partial charge >= 0.3 is 0 Å². The van der Waals surface area contributed by atoms with Crippen LogP contribution in [0.5, 0.6) is 5.75 Å². The molecular formula is C18H21FN2O. The van der Waals surface area contributed by atoms with Gasteiger partial charge in [0.1, 0.15) is 17.7 Å². The topological polar surface area (TPSA) is 38.5 Å². The molecule has 0 unspecified atom stereocenters. The smallest absolute Gasteiger partial charge is 0.123 e. The Labute approximate surface area is 130 Å². The summed E-state index contributed by atoms with van der Waals surface area (Å²) in [5.41, 5.74) is 7.88. The fraction of sp³-hybridized carbons (Fsp3) is 0.333. The van der Waals surface area contributed by atoms with E-state index in [1.165, 1.54) is 17.7 Å². The van der Waals surface area contributed by atoms with Gasteiger partial charge in [0.05, 0.1) is 0 Å². The van der Waals surface area contributed by atoms with E-state index >= 15 is 0 Å². The third-order valence-corrected chi connectivity index (χ3v) is 4.01. The first-order valence-corrected chi connectivity index (χ1v) is 7.68. The van der Waals surface area contributed by atoms with Gasteiger partial charge in [-0.15, -0.1) is 0 Å². The van der Waals surface area contributed by atoms with E-state index in [9.17, 15) is 4.39 Å². The van der Waals surface area contributed by atoms with E-state index < -0.39 is 0 Å². The zero-order valence-corrected chi connectivity index (χ0v) is 12.5. The van der Waals surface area contributed by atoms with E-state index in [1.807, 2.05) is 18.2 Å². The van der Waals surface area contributed by atoms with Crippen molar-refractivity contribution < 1.29 is 9.13 Å². The predicted molar refractivity (Wildman–Crippen MR) is 86.2 cm³/mol. The molecule has 1 aliphatic rings. The Hall–Kier alpha value is -2.07. The first-order chi connectivity index (χ1) is 10.7. The van der Waals surface area contributed by atoms with Crippen LogP contribution in [0, 0.1) is 5.82 Å². The van der Waals surface area contributed by atoms with Gasteiger partial charge in [-0.2, -0.15) is 0 Å². The van der Waals surface area contributed by atoms with Crippen LogP contribution in [-0.4, -0.2) is 24.1 Å². The summed E-state index contributed by atoms with van der Waals surface area (Å²) < 4.78 is 18.8. The molecule has 2 aromatic carbocycles. The number of hydrogen-bond donors (Lipinski definition) is 1. The summed E-state index contributed by atoms with van der Waals surface area (Å²) in [6.45, 7) is 2.93. The zero-order chi connectivity index (χ0) is 15.4. The third kappa shape index (κ3) is 3.98. The fourth-order valence-corrected chi connectivity index (χ4v) is 2.84. The second-order valence-electron chi connectivity index (χ2n) is 5.79. The third-order valence-electron chi connectivity index (χ3n) is 4.01. The number of hydrogen-bond acceptors (Lipinski definition) is 3. The molecule has 0 aromatic heterocycles. The number of likely N-dealkylation sites (tertiary alicyclic amines) is 1. The van der Waals surface area contributed by atoms with Crippen LogP contribution in [0.25, 0.3) is 0 Å². The summed E-state index contributed by atoms with van der Waals surface area (Å²) >= 11 is 0. The van der Waals surface area contributed by atoms with Crippen molar-refractivity contribution in [1.29, 1.82) is 0 Å². The lowest BCUT2D eigenvalue weighted by molar-refractivity contribution is 0.0967. The molecule has 2 aromatic rings. The van der Waals surface area contributed by atoms with Crippen molar-refractivity contribution in [3.63, 3.8) is 0 Å². The van der Waals surface area contributed by atoms with Gasteiger partial charge in [-0.25, -0.2) is 4.39 Å². The standard InChI is InChI=1S/C18H21FN2O/c19-15-4-6-17(7-5-15)22-18-8-10-21(11-9-18)13-14-2-1-3-16(20)12-14/h1-7,12,18H,8-11,13,20H2. The molecule has 1 saturated heterocycles. The lowest BCUT2D eigenvalue weighted by Crippen LogP contribution is -2.37. The van der Waals surface area contributed by atoms with Crippen molar-refractivity contribution in [3.05, 3.63) is 59.9 Å². The highest BCUT2D eigenvalue weighted by atomic mass is 19.1. The molecule has 1 fully saturated rings. The zero-order valence-electron chi connectivity index (χ0n) is 12.5. The Morgan fingerprint density at radius 2 is 1.82 bits per heavy atom. The number of ether oxygens (including phenoxy) is 1. The first kappa shape index (κ1) is 14.9. The summed E-state index contributed by atoms with van der Waals surface area (Å²) in [5, 5.41) is 0. The molecule has 116 valence electrons. The maximum Gasteiger partial charge on any atom is 0.123 e. The number of piperidine rings is 1. The minimum atomic E-state index is -0.232. The number of benzene rings is 2. The highest BCUT2D eigenvalue weighted by Crippen LogP contribution is 2.20. The Morgan fingerprint density at radius 3 is 2.50 bits per heavy atom. The number of rotatable bonds is 4. The van der Waals surface area contributed by atoms with Gasteiger partial charge in [-0.3, -0.25) is 4.90 Å². The quantitative estimate of drug-likeness (QED) is 0.879. The highest BCUT2D eigenvalue weighted by molar-refractivity contribution is 5.40. The van der Waals surface area contributed by atoms with Crippen molar-refractivity contribution >= 4 is 5.69 Å². The monoisotopic (exact) mass is 300 g/mol. The van der Waals surface area contributed by atoms with Gasteiger partial charge in [0.25, 0.3) is 0 Å². The van der Waals surface area contributed by atoms with Gasteiger partial charge in [-0.1, -0.05) is 12.1 Å². The number of halogens is 1. The van der Waals surface area contributed by atoms with Crippen molar-refractivity contribution in [3.8, 4) is 5.75 Å². The average Bonchev–Trinajstić information content (AvgIpc) is 2.52. The average molecular weight is 300 g/mol. The van der Waals surface area contributed by atoms with Crippen molar-refractivity contribution in [2.45, 2.75) is 25.5 Å². The summed E-state index contributed by atoms with van der Waals surface area (Å²) in [7, 11) is 0. The minimum absolute atomic E-state index is 0.211. The number of nitrogens with two attached hydrogens (primary N) is 1. The molecule has 0 radical (unpaired) electrons. The minimum Gasteiger partial charge on any atom is -0.490 e. The molecule has 0 aliphatic carbocycles. The molecule has 0 bridgehead atoms. The van der Waals surface area contributed by atoms with Gasteiger partial charge in [0.2, 0.25) is 0 Å². The SMILES string of the molecule is Nc1cccc(CN2CCC(Oc3ccc(F)cc3)CC2)c1. The molecule has 22 heavy (non-hydrogen) atoms. The van der Waals surface area contributed by atoms with Gasteiger partial charge in [-0.05, 0) is 54.8 Å². The number of anilines is 1. The lowest BCUT2D eigenvalue weighted by atomic mass is 10.1. The van der Waals surface area contributed by atoms with Crippen molar-refractivity contribution in [2.24, 2.45) is 0 Å². The van der Waals surface area contributed by atoms with E-state index in [1.54, 1.807) is 12.1 Å².